The van der Waals surface area contributed by atoms with Crippen molar-refractivity contribution in [2.45, 2.75) is 38.6 Å². The van der Waals surface area contributed by atoms with Gasteiger partial charge in [0.25, 0.3) is 5.91 Å². The second-order valence-corrected chi connectivity index (χ2v) is 7.41. The number of benzene rings is 1. The van der Waals surface area contributed by atoms with Crippen LogP contribution in [0.5, 0.6) is 5.88 Å². The van der Waals surface area contributed by atoms with Crippen LogP contribution in [0.1, 0.15) is 36.7 Å². The number of nitrogens with two attached hydrogens (primary N) is 1. The van der Waals surface area contributed by atoms with Crippen LogP contribution in [-0.2, 0) is 4.84 Å². The molecule has 0 spiro atoms. The molecule has 1 amide bonds. The Kier molecular flexibility index (Phi) is 7.84. The molecule has 0 fully saturated rings. The molecule has 11 nitrogen and oxygen atoms in total. The van der Waals surface area contributed by atoms with Crippen LogP contribution in [0, 0.1) is 11.3 Å². The number of hydroxylamine groups is 1. The zero-order chi connectivity index (χ0) is 23.2. The van der Waals surface area contributed by atoms with Gasteiger partial charge in [-0.2, -0.15) is 10.2 Å². The number of nitrogens with zero attached hydrogens (tertiary/aromatic N) is 3. The van der Waals surface area contributed by atoms with Crippen molar-refractivity contribution < 1.29 is 29.7 Å². The second-order valence-electron chi connectivity index (χ2n) is 7.41. The number of hydrogen-bond donors (Lipinski definition) is 5. The molecule has 0 unspecified atom stereocenters. The molecule has 0 radical (unpaired) electrons. The smallest absolute Gasteiger partial charge is 0.284 e. The van der Waals surface area contributed by atoms with Gasteiger partial charge in [-0.3, -0.25) is 9.63 Å². The summed E-state index contributed by atoms with van der Waals surface area (Å²) in [6.07, 6.45) is -2.19. The Bertz CT molecular complexity index is 970. The molecule has 6 N–H and O–H groups in total. The SMILES string of the molecule is C[C@H](Oc1nc(-c2cccc(C#N)c2)nc(N)c1C(=O)NOCC(C)(C)O)[C@@H](O)CO. The van der Waals surface area contributed by atoms with Crippen molar-refractivity contribution in [1.82, 2.24) is 15.4 Å². The van der Waals surface area contributed by atoms with Gasteiger partial charge in [0, 0.05) is 5.56 Å². The van der Waals surface area contributed by atoms with Crippen LogP contribution in [0.4, 0.5) is 5.82 Å². The number of aliphatic hydroxyl groups excluding tert-OH is 2. The molecule has 11 heteroatoms. The second kappa shape index (κ2) is 10.1. The van der Waals surface area contributed by atoms with Crippen molar-refractivity contribution in [3.63, 3.8) is 0 Å². The van der Waals surface area contributed by atoms with Crippen LogP contribution in [0.3, 0.4) is 0 Å². The van der Waals surface area contributed by atoms with Crippen LogP contribution >= 0.6 is 0 Å². The fourth-order valence-electron chi connectivity index (χ4n) is 2.34. The fourth-order valence-corrected chi connectivity index (χ4v) is 2.34. The van der Waals surface area contributed by atoms with E-state index in [4.69, 9.17) is 25.7 Å². The van der Waals surface area contributed by atoms with Crippen molar-refractivity contribution in [3.05, 3.63) is 35.4 Å². The zero-order valence-electron chi connectivity index (χ0n) is 17.4. The van der Waals surface area contributed by atoms with Gasteiger partial charge in [-0.15, -0.1) is 0 Å². The third kappa shape index (κ3) is 6.59. The lowest BCUT2D eigenvalue weighted by Crippen LogP contribution is -2.35. The number of nitrogen functional groups attached to an aromatic ring is 1. The average Bonchev–Trinajstić information content (AvgIpc) is 2.71. The van der Waals surface area contributed by atoms with Crippen molar-refractivity contribution in [3.8, 4) is 23.3 Å². The van der Waals surface area contributed by atoms with Crippen LogP contribution in [-0.4, -0.2) is 62.2 Å². The summed E-state index contributed by atoms with van der Waals surface area (Å²) in [6.45, 7) is 3.69. The zero-order valence-corrected chi connectivity index (χ0v) is 17.4. The number of nitriles is 1. The quantitative estimate of drug-likeness (QED) is 0.342. The van der Waals surface area contributed by atoms with Crippen molar-refractivity contribution in [1.29, 1.82) is 5.26 Å². The molecule has 0 aliphatic heterocycles. The van der Waals surface area contributed by atoms with E-state index in [0.29, 0.717) is 11.1 Å². The Hall–Kier alpha value is -3.30. The predicted molar refractivity (Wildman–Crippen MR) is 109 cm³/mol. The fraction of sp³-hybridized carbons (Fsp3) is 0.400. The minimum Gasteiger partial charge on any atom is -0.471 e. The molecular weight excluding hydrogens is 406 g/mol. The van der Waals surface area contributed by atoms with Crippen LogP contribution in [0.15, 0.2) is 24.3 Å². The highest BCUT2D eigenvalue weighted by atomic mass is 16.7. The van der Waals surface area contributed by atoms with Crippen LogP contribution < -0.4 is 16.0 Å². The maximum Gasteiger partial charge on any atom is 0.284 e. The number of nitrogens with one attached hydrogen (secondary N) is 1. The van der Waals surface area contributed by atoms with E-state index < -0.39 is 30.3 Å². The van der Waals surface area contributed by atoms with E-state index in [9.17, 15) is 15.0 Å². The Morgan fingerprint density at radius 3 is 2.71 bits per heavy atom. The normalized spacial score (nSPS) is 13.2. The summed E-state index contributed by atoms with van der Waals surface area (Å²) in [5.74, 6) is -1.24. The van der Waals surface area contributed by atoms with E-state index >= 15 is 0 Å². The van der Waals surface area contributed by atoms with Gasteiger partial charge in [-0.05, 0) is 32.9 Å². The topological polar surface area (TPSA) is 184 Å². The summed E-state index contributed by atoms with van der Waals surface area (Å²) in [4.78, 5) is 26.0. The molecule has 2 rings (SSSR count). The largest absolute Gasteiger partial charge is 0.471 e. The maximum absolute atomic E-state index is 12.6. The van der Waals surface area contributed by atoms with Crippen molar-refractivity contribution in [2.24, 2.45) is 0 Å². The van der Waals surface area contributed by atoms with E-state index in [1.54, 1.807) is 18.2 Å². The summed E-state index contributed by atoms with van der Waals surface area (Å²) < 4.78 is 5.59. The predicted octanol–water partition coefficient (Wildman–Crippen LogP) is 0.150. The van der Waals surface area contributed by atoms with Gasteiger partial charge in [0.05, 0.1) is 23.8 Å². The highest BCUT2D eigenvalue weighted by Gasteiger charge is 2.26. The van der Waals surface area contributed by atoms with Gasteiger partial charge >= 0.3 is 0 Å². The van der Waals surface area contributed by atoms with E-state index in [-0.39, 0.29) is 29.7 Å². The maximum atomic E-state index is 12.6. The van der Waals surface area contributed by atoms with E-state index in [1.165, 1.54) is 26.8 Å². The molecule has 2 aromatic rings. The van der Waals surface area contributed by atoms with Gasteiger partial charge in [0.1, 0.15) is 30.2 Å². The molecule has 1 aromatic heterocycles. The number of anilines is 1. The number of aliphatic hydroxyl groups is 3. The standard InChI is InChI=1S/C20H25N5O6/c1-11(14(27)9-26)31-19-15(18(28)25-30-10-20(2,3)29)16(22)23-17(24-19)13-6-4-5-12(7-13)8-21/h4-7,11,14,26-27,29H,9-10H2,1-3H3,(H,25,28)(H2,22,23,24)/t11-,14-/m0/s1. The Morgan fingerprint density at radius 1 is 1.39 bits per heavy atom. The molecule has 2 atom stereocenters. The number of rotatable bonds is 9. The van der Waals surface area contributed by atoms with Crippen LogP contribution in [0.25, 0.3) is 11.4 Å². The molecule has 31 heavy (non-hydrogen) atoms. The van der Waals surface area contributed by atoms with Gasteiger partial charge in [0.15, 0.2) is 5.82 Å². The Labute approximate surface area is 179 Å². The first kappa shape index (κ1) is 24.0. The molecule has 0 aliphatic rings. The molecule has 0 saturated heterocycles. The molecule has 166 valence electrons. The summed E-state index contributed by atoms with van der Waals surface area (Å²) >= 11 is 0. The highest BCUT2D eigenvalue weighted by Crippen LogP contribution is 2.27. The average molecular weight is 431 g/mol. The van der Waals surface area contributed by atoms with Gasteiger partial charge in [-0.25, -0.2) is 10.5 Å². The molecule has 0 bridgehead atoms. The van der Waals surface area contributed by atoms with Gasteiger partial charge in [0.2, 0.25) is 5.88 Å². The summed E-state index contributed by atoms with van der Waals surface area (Å²) in [7, 11) is 0. The molecule has 1 heterocycles. The molecule has 1 aromatic carbocycles. The summed E-state index contributed by atoms with van der Waals surface area (Å²) in [5, 5.41) is 37.8. The number of aromatic nitrogens is 2. The minimum absolute atomic E-state index is 0.0873. The van der Waals surface area contributed by atoms with Crippen molar-refractivity contribution >= 4 is 11.7 Å². The lowest BCUT2D eigenvalue weighted by Gasteiger charge is -2.21. The third-order valence-corrected chi connectivity index (χ3v) is 4.00. The van der Waals surface area contributed by atoms with Crippen LogP contribution in [0.2, 0.25) is 0 Å². The molecular formula is C20H25N5O6. The first-order valence-corrected chi connectivity index (χ1v) is 9.34. The summed E-state index contributed by atoms with van der Waals surface area (Å²) in [6, 6.07) is 8.43. The molecule has 0 aliphatic carbocycles. The van der Waals surface area contributed by atoms with E-state index in [0.717, 1.165) is 0 Å². The highest BCUT2D eigenvalue weighted by molar-refractivity contribution is 6.00. The lowest BCUT2D eigenvalue weighted by molar-refractivity contribution is -0.0524. The Balaban J connectivity index is 2.45. The molecule has 0 saturated carbocycles. The Morgan fingerprint density at radius 2 is 2.10 bits per heavy atom. The van der Waals surface area contributed by atoms with Gasteiger partial charge in [-0.1, -0.05) is 12.1 Å². The number of carbonyl (C=O) groups excluding carboxylic acids is 1. The number of carbonyl (C=O) groups is 1. The third-order valence-electron chi connectivity index (χ3n) is 4.00. The lowest BCUT2D eigenvalue weighted by atomic mass is 10.1. The summed E-state index contributed by atoms with van der Waals surface area (Å²) in [5.41, 5.74) is 7.51. The van der Waals surface area contributed by atoms with Crippen molar-refractivity contribution in [2.75, 3.05) is 18.9 Å². The number of amides is 1. The minimum atomic E-state index is -1.25. The van der Waals surface area contributed by atoms with E-state index in [1.807, 2.05) is 6.07 Å². The first-order valence-electron chi connectivity index (χ1n) is 9.34. The van der Waals surface area contributed by atoms with E-state index in [2.05, 4.69) is 15.4 Å². The first-order chi connectivity index (χ1) is 14.6. The number of hydrogen-bond acceptors (Lipinski definition) is 10. The van der Waals surface area contributed by atoms with Gasteiger partial charge < -0.3 is 25.8 Å². The number of ether oxygens (including phenoxy) is 1. The monoisotopic (exact) mass is 431 g/mol.